The molecule has 3 heterocycles. The number of rotatable bonds is 3. The second-order valence-electron chi connectivity index (χ2n) is 10.3. The van der Waals surface area contributed by atoms with Gasteiger partial charge in [0, 0.05) is 27.4 Å². The molecule has 0 saturated heterocycles. The summed E-state index contributed by atoms with van der Waals surface area (Å²) in [6.45, 7) is 4.11. The van der Waals surface area contributed by atoms with E-state index in [1.54, 1.807) is 0 Å². The Morgan fingerprint density at radius 3 is 2.27 bits per heavy atom. The normalized spacial score (nSPS) is 11.8. The smallest absolute Gasteiger partial charge is 0.227 e. The van der Waals surface area contributed by atoms with Crippen molar-refractivity contribution in [3.63, 3.8) is 0 Å². The molecule has 0 atom stereocenters. The number of nitrogens with zero attached hydrogens (tertiary/aromatic N) is 3. The van der Waals surface area contributed by atoms with Gasteiger partial charge < -0.3 is 4.42 Å². The van der Waals surface area contributed by atoms with Crippen molar-refractivity contribution in [3.05, 3.63) is 127 Å². The summed E-state index contributed by atoms with van der Waals surface area (Å²) in [5.74, 6) is 0.841. The van der Waals surface area contributed by atoms with Crippen LogP contribution in [-0.2, 0) is 0 Å². The van der Waals surface area contributed by atoms with Gasteiger partial charge in [-0.1, -0.05) is 91.0 Å². The van der Waals surface area contributed by atoms with Gasteiger partial charge in [-0.15, -0.1) is 0 Å². The Labute approximate surface area is 231 Å². The lowest BCUT2D eigenvalue weighted by atomic mass is 10.0. The van der Waals surface area contributed by atoms with Crippen molar-refractivity contribution in [2.24, 2.45) is 0 Å². The number of furan rings is 1. The van der Waals surface area contributed by atoms with Crippen molar-refractivity contribution in [3.8, 4) is 28.2 Å². The fourth-order valence-electron chi connectivity index (χ4n) is 5.87. The zero-order valence-corrected chi connectivity index (χ0v) is 22.2. The number of pyridine rings is 1. The zero-order valence-electron chi connectivity index (χ0n) is 22.2. The van der Waals surface area contributed by atoms with Crippen LogP contribution in [0.5, 0.6) is 0 Å². The second kappa shape index (κ2) is 8.65. The average Bonchev–Trinajstić information content (AvgIpc) is 3.56. The van der Waals surface area contributed by atoms with Gasteiger partial charge in [-0.05, 0) is 54.6 Å². The number of hydrogen-bond donors (Lipinski definition) is 0. The van der Waals surface area contributed by atoms with E-state index in [1.807, 2.05) is 6.92 Å². The Morgan fingerprint density at radius 1 is 0.625 bits per heavy atom. The minimum atomic E-state index is 0.656. The van der Waals surface area contributed by atoms with Gasteiger partial charge in [0.15, 0.2) is 0 Å². The van der Waals surface area contributed by atoms with Crippen LogP contribution in [0.1, 0.15) is 11.3 Å². The fourth-order valence-corrected chi connectivity index (χ4v) is 5.87. The van der Waals surface area contributed by atoms with Crippen molar-refractivity contribution < 1.29 is 4.42 Å². The Morgan fingerprint density at radius 2 is 1.38 bits per heavy atom. The van der Waals surface area contributed by atoms with Gasteiger partial charge in [-0.2, -0.15) is 0 Å². The monoisotopic (exact) mass is 515 g/mol. The first-order valence-corrected chi connectivity index (χ1v) is 13.5. The minimum Gasteiger partial charge on any atom is -0.437 e. The van der Waals surface area contributed by atoms with Crippen molar-refractivity contribution in [1.29, 1.82) is 0 Å². The van der Waals surface area contributed by atoms with Crippen LogP contribution in [0, 0.1) is 13.8 Å². The number of hydrogen-bond acceptors (Lipinski definition) is 3. The minimum absolute atomic E-state index is 0.656. The molecular formula is C36H25N3O. The first-order chi connectivity index (χ1) is 19.7. The number of aryl methyl sites for hydroxylation is 2. The second-order valence-corrected chi connectivity index (χ2v) is 10.3. The third kappa shape index (κ3) is 3.33. The molecule has 4 heteroatoms. The molecule has 0 saturated carbocycles. The summed E-state index contributed by atoms with van der Waals surface area (Å²) in [7, 11) is 0. The lowest BCUT2D eigenvalue weighted by molar-refractivity contribution is 0.652. The van der Waals surface area contributed by atoms with Gasteiger partial charge in [0.1, 0.15) is 11.4 Å². The van der Waals surface area contributed by atoms with Gasteiger partial charge >= 0.3 is 0 Å². The fraction of sp³-hybridized carbons (Fsp3) is 0.0556. The Balaban J connectivity index is 1.53. The highest BCUT2D eigenvalue weighted by molar-refractivity contribution is 6.11. The maximum atomic E-state index is 6.50. The lowest BCUT2D eigenvalue weighted by Gasteiger charge is -2.16. The molecule has 40 heavy (non-hydrogen) atoms. The number of fused-ring (bicyclic) bond motifs is 6. The summed E-state index contributed by atoms with van der Waals surface area (Å²) in [6, 6.07) is 40.4. The molecule has 0 bridgehead atoms. The first-order valence-electron chi connectivity index (χ1n) is 13.5. The molecule has 0 aliphatic heterocycles. The van der Waals surface area contributed by atoms with E-state index in [2.05, 4.69) is 127 Å². The number of aromatic nitrogens is 3. The predicted octanol–water partition coefficient (Wildman–Crippen LogP) is 9.42. The Kier molecular flexibility index (Phi) is 4.92. The molecule has 0 aliphatic rings. The third-order valence-corrected chi connectivity index (χ3v) is 7.95. The van der Waals surface area contributed by atoms with Crippen molar-refractivity contribution >= 4 is 43.9 Å². The first kappa shape index (κ1) is 22.7. The van der Waals surface area contributed by atoms with E-state index in [-0.39, 0.29) is 0 Å². The highest BCUT2D eigenvalue weighted by Crippen LogP contribution is 2.41. The molecule has 0 N–H and O–H groups in total. The summed E-state index contributed by atoms with van der Waals surface area (Å²) >= 11 is 0. The number of benzene rings is 5. The summed E-state index contributed by atoms with van der Waals surface area (Å²) < 4.78 is 8.81. The molecule has 0 aliphatic carbocycles. The van der Waals surface area contributed by atoms with E-state index in [4.69, 9.17) is 14.4 Å². The molecular weight excluding hydrogens is 490 g/mol. The third-order valence-electron chi connectivity index (χ3n) is 7.95. The molecule has 3 aromatic heterocycles. The Bertz CT molecular complexity index is 2240. The average molecular weight is 516 g/mol. The van der Waals surface area contributed by atoms with Crippen LogP contribution < -0.4 is 0 Å². The van der Waals surface area contributed by atoms with Gasteiger partial charge in [0.25, 0.3) is 0 Å². The lowest BCUT2D eigenvalue weighted by Crippen LogP contribution is -2.00. The van der Waals surface area contributed by atoms with Gasteiger partial charge in [-0.3, -0.25) is 4.57 Å². The molecule has 0 spiro atoms. The van der Waals surface area contributed by atoms with E-state index in [0.29, 0.717) is 5.71 Å². The summed E-state index contributed by atoms with van der Waals surface area (Å²) in [5, 5.41) is 4.41. The van der Waals surface area contributed by atoms with E-state index in [9.17, 15) is 0 Å². The number of para-hydroxylation sites is 2. The van der Waals surface area contributed by atoms with Crippen LogP contribution in [0.25, 0.3) is 72.1 Å². The van der Waals surface area contributed by atoms with E-state index < -0.39 is 0 Å². The molecule has 5 aromatic carbocycles. The molecule has 0 amide bonds. The summed E-state index contributed by atoms with van der Waals surface area (Å²) in [5.41, 5.74) is 9.90. The summed E-state index contributed by atoms with van der Waals surface area (Å²) in [4.78, 5) is 10.1. The molecule has 190 valence electrons. The highest BCUT2D eigenvalue weighted by Gasteiger charge is 2.23. The number of imidazole rings is 1. The Hall–Kier alpha value is -5.22. The maximum Gasteiger partial charge on any atom is 0.227 e. The van der Waals surface area contributed by atoms with Crippen molar-refractivity contribution in [2.45, 2.75) is 13.8 Å². The molecule has 4 nitrogen and oxygen atoms in total. The van der Waals surface area contributed by atoms with Crippen LogP contribution in [-0.4, -0.2) is 14.5 Å². The molecule has 0 fully saturated rings. The quantitative estimate of drug-likeness (QED) is 0.235. The van der Waals surface area contributed by atoms with Crippen LogP contribution in [0.4, 0.5) is 0 Å². The molecule has 0 unspecified atom stereocenters. The van der Waals surface area contributed by atoms with Gasteiger partial charge in [0.2, 0.25) is 5.71 Å². The van der Waals surface area contributed by atoms with Gasteiger partial charge in [0.05, 0.1) is 22.3 Å². The van der Waals surface area contributed by atoms with E-state index >= 15 is 0 Å². The molecule has 8 rings (SSSR count). The van der Waals surface area contributed by atoms with E-state index in [1.165, 1.54) is 5.39 Å². The van der Waals surface area contributed by atoms with Crippen molar-refractivity contribution in [1.82, 2.24) is 14.5 Å². The van der Waals surface area contributed by atoms with Crippen LogP contribution in [0.2, 0.25) is 0 Å². The summed E-state index contributed by atoms with van der Waals surface area (Å²) in [6.07, 6.45) is 0. The van der Waals surface area contributed by atoms with Crippen LogP contribution in [0.15, 0.2) is 120 Å². The molecule has 0 radical (unpaired) electrons. The maximum absolute atomic E-state index is 6.50. The standard InChI is InChI=1S/C36H25N3O/c1-22-21-30-28-16-10-17-29(34(28)40-36(30)37-23(22)2)35-38-31-20-19-25-13-6-7-15-27(25)33(31)39(35)32-18-9-8-14-26(32)24-11-4-3-5-12-24/h3-21H,1-2H3. The highest BCUT2D eigenvalue weighted by atomic mass is 16.3. The predicted molar refractivity (Wildman–Crippen MR) is 164 cm³/mol. The van der Waals surface area contributed by atoms with E-state index in [0.717, 1.165) is 72.2 Å². The van der Waals surface area contributed by atoms with Crippen molar-refractivity contribution in [2.75, 3.05) is 0 Å². The van der Waals surface area contributed by atoms with Crippen LogP contribution in [0.3, 0.4) is 0 Å². The largest absolute Gasteiger partial charge is 0.437 e. The topological polar surface area (TPSA) is 43.9 Å². The SMILES string of the molecule is Cc1cc2c(nc1C)oc1c(-c3nc4ccc5ccccc5c4n3-c3ccccc3-c3ccccc3)cccc12. The van der Waals surface area contributed by atoms with Crippen LogP contribution >= 0.6 is 0 Å². The van der Waals surface area contributed by atoms with Gasteiger partial charge in [-0.25, -0.2) is 9.97 Å². The molecule has 8 aromatic rings. The zero-order chi connectivity index (χ0) is 26.8.